The van der Waals surface area contributed by atoms with Gasteiger partial charge in [0, 0.05) is 56.3 Å². The molecule has 2 atom stereocenters. The van der Waals surface area contributed by atoms with E-state index in [1.807, 2.05) is 6.08 Å². The van der Waals surface area contributed by atoms with E-state index in [-0.39, 0.29) is 11.8 Å². The lowest BCUT2D eigenvalue weighted by Gasteiger charge is -2.23. The zero-order valence-electron chi connectivity index (χ0n) is 14.8. The fourth-order valence-electron chi connectivity index (χ4n) is 3.89. The highest BCUT2D eigenvalue weighted by atomic mass is 35.5. The molecule has 2 unspecified atom stereocenters. The molecule has 6 heteroatoms. The van der Waals surface area contributed by atoms with E-state index in [0.29, 0.717) is 37.9 Å². The number of allylic oxidation sites excluding steroid dienone is 2. The molecule has 4 nitrogen and oxygen atoms in total. The Morgan fingerprint density at radius 2 is 1.78 bits per heavy atom. The molecule has 0 spiro atoms. The minimum atomic E-state index is -0.517. The first kappa shape index (κ1) is 18.1. The van der Waals surface area contributed by atoms with Crippen molar-refractivity contribution in [2.45, 2.75) is 32.1 Å². The van der Waals surface area contributed by atoms with E-state index in [0.717, 1.165) is 17.5 Å². The standard InChI is InChI=1S/C21H16Cl2O4/c1-9(2)21(25)27-19-13-5-4-12(22)8-14(13)20(26-10(3)24)17-11-6-15(18(17)19)16(23)7-11/h4-5,7-8,11,15H,1,6H2,2-3H3. The van der Waals surface area contributed by atoms with Crippen LogP contribution in [-0.2, 0) is 9.59 Å². The van der Waals surface area contributed by atoms with Gasteiger partial charge in [0.15, 0.2) is 0 Å². The van der Waals surface area contributed by atoms with Gasteiger partial charge in [-0.1, -0.05) is 35.9 Å². The van der Waals surface area contributed by atoms with Gasteiger partial charge in [0.05, 0.1) is 0 Å². The van der Waals surface area contributed by atoms with Crippen LogP contribution in [-0.4, -0.2) is 11.9 Å². The van der Waals surface area contributed by atoms with Gasteiger partial charge in [0.1, 0.15) is 11.5 Å². The molecule has 2 aromatic rings. The summed E-state index contributed by atoms with van der Waals surface area (Å²) in [6.07, 6.45) is 2.71. The van der Waals surface area contributed by atoms with Gasteiger partial charge in [0.2, 0.25) is 0 Å². The zero-order chi connectivity index (χ0) is 19.5. The van der Waals surface area contributed by atoms with Crippen molar-refractivity contribution in [3.05, 3.63) is 57.6 Å². The number of rotatable bonds is 3. The smallest absolute Gasteiger partial charge is 0.338 e. The summed E-state index contributed by atoms with van der Waals surface area (Å²) in [7, 11) is 0. The lowest BCUT2D eigenvalue weighted by atomic mass is 9.90. The second-order valence-corrected chi connectivity index (χ2v) is 7.76. The summed E-state index contributed by atoms with van der Waals surface area (Å²) >= 11 is 12.6. The number of halogens is 2. The third-order valence-electron chi connectivity index (χ3n) is 4.94. The van der Waals surface area contributed by atoms with Gasteiger partial charge in [-0.15, -0.1) is 0 Å². The molecule has 0 fully saturated rings. The largest absolute Gasteiger partial charge is 0.426 e. The minimum absolute atomic E-state index is 0.00230. The minimum Gasteiger partial charge on any atom is -0.426 e. The summed E-state index contributed by atoms with van der Waals surface area (Å²) in [5, 5.41) is 2.46. The number of esters is 2. The van der Waals surface area contributed by atoms with Crippen molar-refractivity contribution in [1.82, 2.24) is 0 Å². The van der Waals surface area contributed by atoms with Crippen LogP contribution >= 0.6 is 23.2 Å². The van der Waals surface area contributed by atoms with Gasteiger partial charge in [-0.25, -0.2) is 4.79 Å². The van der Waals surface area contributed by atoms with Crippen LogP contribution in [0, 0.1) is 0 Å². The maximum Gasteiger partial charge on any atom is 0.338 e. The van der Waals surface area contributed by atoms with Crippen molar-refractivity contribution in [3.8, 4) is 11.5 Å². The summed E-state index contributed by atoms with van der Waals surface area (Å²) in [6.45, 7) is 6.60. The van der Waals surface area contributed by atoms with Crippen molar-refractivity contribution in [3.63, 3.8) is 0 Å². The first-order valence-corrected chi connectivity index (χ1v) is 9.25. The zero-order valence-corrected chi connectivity index (χ0v) is 16.3. The van der Waals surface area contributed by atoms with E-state index in [9.17, 15) is 9.59 Å². The highest BCUT2D eigenvalue weighted by Crippen LogP contribution is 2.61. The molecule has 2 bridgehead atoms. The quantitative estimate of drug-likeness (QED) is 0.380. The molecule has 27 heavy (non-hydrogen) atoms. The van der Waals surface area contributed by atoms with Crippen LogP contribution < -0.4 is 9.47 Å². The predicted octanol–water partition coefficient (Wildman–Crippen LogP) is 5.61. The number of carbonyl (C=O) groups excluding carboxylic acids is 2. The van der Waals surface area contributed by atoms with Gasteiger partial charge in [-0.2, -0.15) is 0 Å². The van der Waals surface area contributed by atoms with Crippen LogP contribution in [0.15, 0.2) is 41.5 Å². The molecule has 0 aliphatic heterocycles. The number of benzene rings is 2. The third-order valence-corrected chi connectivity index (χ3v) is 5.57. The number of fused-ring (bicyclic) bond motifs is 6. The lowest BCUT2D eigenvalue weighted by molar-refractivity contribution is -0.132. The molecule has 138 valence electrons. The lowest BCUT2D eigenvalue weighted by Crippen LogP contribution is -2.13. The molecule has 4 rings (SSSR count). The maximum absolute atomic E-state index is 12.3. The second kappa shape index (κ2) is 6.39. The van der Waals surface area contributed by atoms with Crippen LogP contribution in [0.25, 0.3) is 10.8 Å². The molecular formula is C21H16Cl2O4. The Morgan fingerprint density at radius 1 is 1.07 bits per heavy atom. The van der Waals surface area contributed by atoms with E-state index in [2.05, 4.69) is 6.58 Å². The predicted molar refractivity (Wildman–Crippen MR) is 105 cm³/mol. The summed E-state index contributed by atoms with van der Waals surface area (Å²) in [5.41, 5.74) is 1.92. The fourth-order valence-corrected chi connectivity index (χ4v) is 4.42. The molecule has 2 aliphatic rings. The molecule has 0 saturated carbocycles. The molecule has 0 saturated heterocycles. The van der Waals surface area contributed by atoms with Crippen LogP contribution in [0.3, 0.4) is 0 Å². The number of carbonyl (C=O) groups is 2. The molecular weight excluding hydrogens is 387 g/mol. The molecule has 2 aliphatic carbocycles. The van der Waals surface area contributed by atoms with Crippen LogP contribution in [0.5, 0.6) is 11.5 Å². The first-order chi connectivity index (χ1) is 12.8. The molecule has 2 aromatic carbocycles. The fraction of sp³-hybridized carbons (Fsp3) is 0.238. The monoisotopic (exact) mass is 402 g/mol. The normalized spacial score (nSPS) is 19.6. The molecule has 0 amide bonds. The van der Waals surface area contributed by atoms with Crippen molar-refractivity contribution < 1.29 is 19.1 Å². The maximum atomic E-state index is 12.3. The van der Waals surface area contributed by atoms with Crippen molar-refractivity contribution in [2.24, 2.45) is 0 Å². The summed E-state index contributed by atoms with van der Waals surface area (Å²) in [4.78, 5) is 24.1. The van der Waals surface area contributed by atoms with E-state index in [1.165, 1.54) is 6.92 Å². The first-order valence-electron chi connectivity index (χ1n) is 8.50. The Balaban J connectivity index is 2.07. The van der Waals surface area contributed by atoms with Gasteiger partial charge < -0.3 is 9.47 Å². The van der Waals surface area contributed by atoms with E-state index >= 15 is 0 Å². The molecule has 0 radical (unpaired) electrons. The Labute approximate surface area is 166 Å². The molecule has 0 aromatic heterocycles. The number of hydrogen-bond donors (Lipinski definition) is 0. The molecule has 0 N–H and O–H groups in total. The van der Waals surface area contributed by atoms with Crippen LogP contribution in [0.2, 0.25) is 5.02 Å². The van der Waals surface area contributed by atoms with Crippen molar-refractivity contribution in [2.75, 3.05) is 0 Å². The van der Waals surface area contributed by atoms with Gasteiger partial charge in [-0.05, 0) is 31.5 Å². The highest BCUT2D eigenvalue weighted by molar-refractivity contribution is 6.32. The Morgan fingerprint density at radius 3 is 2.44 bits per heavy atom. The molecule has 0 heterocycles. The number of ether oxygens (including phenoxy) is 2. The SMILES string of the molecule is C=C(C)C(=O)Oc1c2c(c(OC(C)=O)c3cc(Cl)ccc13)C1C=C(Cl)C2C1. The highest BCUT2D eigenvalue weighted by Gasteiger charge is 2.44. The van der Waals surface area contributed by atoms with Crippen molar-refractivity contribution in [1.29, 1.82) is 0 Å². The van der Waals surface area contributed by atoms with Gasteiger partial charge in [0.25, 0.3) is 0 Å². The summed E-state index contributed by atoms with van der Waals surface area (Å²) in [5.74, 6) is -0.150. The Kier molecular flexibility index (Phi) is 4.28. The van der Waals surface area contributed by atoms with E-state index < -0.39 is 11.9 Å². The van der Waals surface area contributed by atoms with Gasteiger partial charge >= 0.3 is 11.9 Å². The van der Waals surface area contributed by atoms with Crippen LogP contribution in [0.4, 0.5) is 0 Å². The number of hydrogen-bond acceptors (Lipinski definition) is 4. The second-order valence-electron chi connectivity index (χ2n) is 6.89. The topological polar surface area (TPSA) is 52.6 Å². The third kappa shape index (κ3) is 2.84. The Hall–Kier alpha value is -2.30. The average molecular weight is 403 g/mol. The average Bonchev–Trinajstić information content (AvgIpc) is 3.14. The van der Waals surface area contributed by atoms with Crippen LogP contribution in [0.1, 0.15) is 43.2 Å². The Bertz CT molecular complexity index is 1070. The summed E-state index contributed by atoms with van der Waals surface area (Å²) in [6, 6.07) is 5.18. The van der Waals surface area contributed by atoms with Gasteiger partial charge in [-0.3, -0.25) is 4.79 Å². The van der Waals surface area contributed by atoms with E-state index in [1.54, 1.807) is 25.1 Å². The van der Waals surface area contributed by atoms with Crippen molar-refractivity contribution >= 4 is 45.9 Å². The van der Waals surface area contributed by atoms with E-state index in [4.69, 9.17) is 32.7 Å². The summed E-state index contributed by atoms with van der Waals surface area (Å²) < 4.78 is 11.3.